The van der Waals surface area contributed by atoms with Gasteiger partial charge in [-0.05, 0) is 42.0 Å². The lowest BCUT2D eigenvalue weighted by Crippen LogP contribution is -2.31. The summed E-state index contributed by atoms with van der Waals surface area (Å²) in [6, 6.07) is 15.1. The van der Waals surface area contributed by atoms with E-state index in [1.54, 1.807) is 67.3 Å². The number of imidazole rings is 1. The highest BCUT2D eigenvalue weighted by Crippen LogP contribution is 2.30. The highest BCUT2D eigenvalue weighted by molar-refractivity contribution is 6.35. The topological polar surface area (TPSA) is 107 Å². The lowest BCUT2D eigenvalue weighted by Gasteiger charge is -2.22. The molecule has 1 unspecified atom stereocenters. The molecule has 0 fully saturated rings. The Balaban J connectivity index is 1.61. The van der Waals surface area contributed by atoms with Crippen molar-refractivity contribution in [2.45, 2.75) is 12.6 Å². The molecule has 0 spiro atoms. The van der Waals surface area contributed by atoms with Crippen molar-refractivity contribution in [2.75, 3.05) is 7.11 Å². The number of aromatic nitrogens is 3. The number of nitrogens with one attached hydrogen (secondary N) is 1. The molecule has 8 nitrogen and oxygen atoms in total. The van der Waals surface area contributed by atoms with Crippen molar-refractivity contribution in [3.63, 3.8) is 0 Å². The standard InChI is InChI=1S/C25H22Cl2N6O2/c1-35-23-13-17(31-24(28)21-4-2-3-9-30-21)6-8-19(23)25(34)32-22(14-33-11-10-29-15-33)18-7-5-16(26)12-20(18)27/h2-13,15,22H,14H2,1H3,(H2,28,31)(H,32,34). The number of amidine groups is 1. The number of carbonyl (C=O) groups is 1. The van der Waals surface area contributed by atoms with Crippen LogP contribution >= 0.6 is 23.2 Å². The summed E-state index contributed by atoms with van der Waals surface area (Å²) < 4.78 is 7.33. The fraction of sp³-hybridized carbons (Fsp3) is 0.120. The predicted molar refractivity (Wildman–Crippen MR) is 137 cm³/mol. The third-order valence-corrected chi connectivity index (χ3v) is 5.76. The maximum atomic E-state index is 13.3. The van der Waals surface area contributed by atoms with Gasteiger partial charge in [-0.3, -0.25) is 9.78 Å². The molecule has 2 aromatic carbocycles. The molecule has 0 radical (unpaired) electrons. The number of rotatable bonds is 8. The second-order valence-electron chi connectivity index (χ2n) is 7.55. The molecular formula is C25H22Cl2N6O2. The van der Waals surface area contributed by atoms with Gasteiger partial charge in [0, 0.05) is 41.2 Å². The van der Waals surface area contributed by atoms with Gasteiger partial charge in [0.15, 0.2) is 0 Å². The molecule has 10 heteroatoms. The summed E-state index contributed by atoms with van der Waals surface area (Å²) in [6.45, 7) is 0.415. The second-order valence-corrected chi connectivity index (χ2v) is 8.39. The predicted octanol–water partition coefficient (Wildman–Crippen LogP) is 4.80. The molecule has 0 bridgehead atoms. The van der Waals surface area contributed by atoms with Gasteiger partial charge in [0.2, 0.25) is 0 Å². The Morgan fingerprint density at radius 2 is 2.03 bits per heavy atom. The van der Waals surface area contributed by atoms with Crippen LogP contribution in [0.4, 0.5) is 5.69 Å². The number of pyridine rings is 1. The molecule has 0 aliphatic carbocycles. The van der Waals surface area contributed by atoms with E-state index < -0.39 is 6.04 Å². The number of halogens is 2. The van der Waals surface area contributed by atoms with E-state index in [0.29, 0.717) is 39.3 Å². The summed E-state index contributed by atoms with van der Waals surface area (Å²) in [5.74, 6) is 0.259. The van der Waals surface area contributed by atoms with Crippen LogP contribution in [0.25, 0.3) is 0 Å². The van der Waals surface area contributed by atoms with Crippen molar-refractivity contribution in [2.24, 2.45) is 10.7 Å². The summed E-state index contributed by atoms with van der Waals surface area (Å²) >= 11 is 12.5. The Morgan fingerprint density at radius 1 is 1.17 bits per heavy atom. The summed E-state index contributed by atoms with van der Waals surface area (Å²) in [6.07, 6.45) is 6.78. The first-order valence-electron chi connectivity index (χ1n) is 10.6. The van der Waals surface area contributed by atoms with Crippen LogP contribution in [0.15, 0.2) is 84.5 Å². The summed E-state index contributed by atoms with van der Waals surface area (Å²) in [5, 5.41) is 4.00. The lowest BCUT2D eigenvalue weighted by molar-refractivity contribution is 0.0929. The summed E-state index contributed by atoms with van der Waals surface area (Å²) in [4.78, 5) is 26.0. The van der Waals surface area contributed by atoms with E-state index in [2.05, 4.69) is 20.3 Å². The number of benzene rings is 2. The van der Waals surface area contributed by atoms with Crippen molar-refractivity contribution in [3.8, 4) is 5.75 Å². The molecule has 4 rings (SSSR count). The van der Waals surface area contributed by atoms with Crippen LogP contribution in [0.5, 0.6) is 5.75 Å². The van der Waals surface area contributed by atoms with E-state index >= 15 is 0 Å². The minimum absolute atomic E-state index is 0.252. The molecule has 2 aromatic heterocycles. The first-order chi connectivity index (χ1) is 16.9. The molecule has 0 saturated heterocycles. The third kappa shape index (κ3) is 5.98. The van der Waals surface area contributed by atoms with Crippen molar-refractivity contribution < 1.29 is 9.53 Å². The smallest absolute Gasteiger partial charge is 0.255 e. The average Bonchev–Trinajstić information content (AvgIpc) is 3.37. The number of aliphatic imine (C=N–C) groups is 1. The number of hydrogen-bond donors (Lipinski definition) is 2. The van der Waals surface area contributed by atoms with Gasteiger partial charge >= 0.3 is 0 Å². The maximum Gasteiger partial charge on any atom is 0.255 e. The highest BCUT2D eigenvalue weighted by atomic mass is 35.5. The zero-order valence-electron chi connectivity index (χ0n) is 18.7. The van der Waals surface area contributed by atoms with Crippen LogP contribution in [0.2, 0.25) is 10.0 Å². The summed E-state index contributed by atoms with van der Waals surface area (Å²) in [7, 11) is 1.49. The first-order valence-corrected chi connectivity index (χ1v) is 11.4. The molecule has 0 aliphatic rings. The maximum absolute atomic E-state index is 13.3. The van der Waals surface area contributed by atoms with Gasteiger partial charge in [0.1, 0.15) is 17.3 Å². The molecule has 3 N–H and O–H groups in total. The Morgan fingerprint density at radius 3 is 2.71 bits per heavy atom. The van der Waals surface area contributed by atoms with Gasteiger partial charge in [-0.25, -0.2) is 9.98 Å². The SMILES string of the molecule is COc1cc(N=C(N)c2ccccn2)ccc1C(=O)NC(Cn1ccnc1)c1ccc(Cl)cc1Cl. The van der Waals surface area contributed by atoms with E-state index in [4.69, 9.17) is 33.7 Å². The van der Waals surface area contributed by atoms with Crippen molar-refractivity contribution in [1.82, 2.24) is 19.9 Å². The molecule has 1 atom stereocenters. The van der Waals surface area contributed by atoms with Crippen LogP contribution in [-0.2, 0) is 6.54 Å². The van der Waals surface area contributed by atoms with E-state index in [-0.39, 0.29) is 11.7 Å². The number of nitrogens with two attached hydrogens (primary N) is 1. The van der Waals surface area contributed by atoms with E-state index in [0.717, 1.165) is 5.56 Å². The first kappa shape index (κ1) is 24.3. The van der Waals surface area contributed by atoms with Crippen LogP contribution in [-0.4, -0.2) is 33.4 Å². The van der Waals surface area contributed by atoms with Crippen molar-refractivity contribution in [1.29, 1.82) is 0 Å². The fourth-order valence-corrected chi connectivity index (χ4v) is 4.04. The third-order valence-electron chi connectivity index (χ3n) is 5.20. The zero-order chi connectivity index (χ0) is 24.8. The fourth-order valence-electron chi connectivity index (χ4n) is 3.50. The Labute approximate surface area is 212 Å². The van der Waals surface area contributed by atoms with Crippen LogP contribution in [0.1, 0.15) is 27.7 Å². The van der Waals surface area contributed by atoms with Gasteiger partial charge in [-0.2, -0.15) is 0 Å². The molecule has 35 heavy (non-hydrogen) atoms. The average molecular weight is 509 g/mol. The van der Waals surface area contributed by atoms with Gasteiger partial charge in [-0.15, -0.1) is 0 Å². The largest absolute Gasteiger partial charge is 0.496 e. The van der Waals surface area contributed by atoms with Crippen molar-refractivity contribution >= 4 is 40.6 Å². The normalized spacial score (nSPS) is 12.3. The molecular weight excluding hydrogens is 487 g/mol. The van der Waals surface area contributed by atoms with E-state index in [1.807, 2.05) is 16.8 Å². The van der Waals surface area contributed by atoms with E-state index in [1.165, 1.54) is 7.11 Å². The molecule has 0 saturated carbocycles. The molecule has 1 amide bonds. The minimum atomic E-state index is -0.455. The van der Waals surface area contributed by atoms with Crippen molar-refractivity contribution in [3.05, 3.63) is 106 Å². The number of nitrogens with zero attached hydrogens (tertiary/aromatic N) is 4. The second kappa shape index (κ2) is 11.0. The van der Waals surface area contributed by atoms with Gasteiger partial charge in [0.25, 0.3) is 5.91 Å². The van der Waals surface area contributed by atoms with Gasteiger partial charge in [0.05, 0.1) is 30.7 Å². The molecule has 0 aliphatic heterocycles. The lowest BCUT2D eigenvalue weighted by atomic mass is 10.1. The van der Waals surface area contributed by atoms with E-state index in [9.17, 15) is 4.79 Å². The van der Waals surface area contributed by atoms with Gasteiger partial charge in [-0.1, -0.05) is 35.3 Å². The molecule has 2 heterocycles. The molecule has 4 aromatic rings. The Bertz CT molecular complexity index is 1340. The molecule has 178 valence electrons. The van der Waals surface area contributed by atoms with Gasteiger partial charge < -0.3 is 20.4 Å². The Kier molecular flexibility index (Phi) is 7.64. The number of hydrogen-bond acceptors (Lipinski definition) is 5. The van der Waals surface area contributed by atoms with Crippen LogP contribution < -0.4 is 15.8 Å². The Hall–Kier alpha value is -3.88. The number of methoxy groups -OCH3 is 1. The van der Waals surface area contributed by atoms with Crippen LogP contribution in [0.3, 0.4) is 0 Å². The monoisotopic (exact) mass is 508 g/mol. The quantitative estimate of drug-likeness (QED) is 0.262. The number of carbonyl (C=O) groups excluding carboxylic acids is 1. The zero-order valence-corrected chi connectivity index (χ0v) is 20.2. The minimum Gasteiger partial charge on any atom is -0.496 e. The number of amides is 1. The number of ether oxygens (including phenoxy) is 1. The summed E-state index contributed by atoms with van der Waals surface area (Å²) in [5.41, 5.74) is 8.21. The van der Waals surface area contributed by atoms with Crippen LogP contribution in [0, 0.1) is 0 Å². The highest BCUT2D eigenvalue weighted by Gasteiger charge is 2.21.